The normalized spacial score (nSPS) is 15.1. The summed E-state index contributed by atoms with van der Waals surface area (Å²) in [6.07, 6.45) is 4.16. The third-order valence-corrected chi connectivity index (χ3v) is 5.39. The number of benzene rings is 1. The van der Waals surface area contributed by atoms with Gasteiger partial charge in [0, 0.05) is 24.7 Å². The molecule has 1 fully saturated rings. The van der Waals surface area contributed by atoms with Crippen LogP contribution in [0.1, 0.15) is 19.8 Å². The van der Waals surface area contributed by atoms with E-state index in [1.54, 1.807) is 0 Å². The molecule has 4 rings (SSSR count). The molecular formula is C19H21N5OS. The van der Waals surface area contributed by atoms with Gasteiger partial charge in [0.05, 0.1) is 10.2 Å². The quantitative estimate of drug-likeness (QED) is 0.658. The Bertz CT molecular complexity index is 915. The third kappa shape index (κ3) is 3.84. The van der Waals surface area contributed by atoms with Crippen molar-refractivity contribution in [2.24, 2.45) is 0 Å². The molecule has 1 aromatic carbocycles. The van der Waals surface area contributed by atoms with E-state index in [-0.39, 0.29) is 5.91 Å². The summed E-state index contributed by atoms with van der Waals surface area (Å²) in [5.41, 5.74) is 3.05. The second-order valence-electron chi connectivity index (χ2n) is 6.48. The van der Waals surface area contributed by atoms with Crippen LogP contribution in [0, 0.1) is 0 Å². The van der Waals surface area contributed by atoms with Crippen molar-refractivity contribution >= 4 is 38.4 Å². The number of piperidine rings is 1. The number of fused-ring (bicyclic) bond motifs is 1. The molecule has 0 unspecified atom stereocenters. The molecule has 26 heavy (non-hydrogen) atoms. The minimum atomic E-state index is -0.106. The summed E-state index contributed by atoms with van der Waals surface area (Å²) in [4.78, 5) is 20.2. The number of hydrogen-bond acceptors (Lipinski definition) is 6. The van der Waals surface area contributed by atoms with Crippen molar-refractivity contribution in [1.82, 2.24) is 15.3 Å². The standard InChI is InChI=1S/C19H21N5OS/c1-12(25)22-19-24-16-4-2-13(10-17(16)26-19)14-3-5-18(21-11-14)23-15-6-8-20-9-7-15/h2-5,10-11,15,20H,6-9H2,1H3,(H,21,23)(H,22,24,25). The molecule has 0 bridgehead atoms. The first kappa shape index (κ1) is 16.9. The zero-order valence-corrected chi connectivity index (χ0v) is 15.4. The molecule has 1 aliphatic heterocycles. The topological polar surface area (TPSA) is 78.9 Å². The van der Waals surface area contributed by atoms with Crippen molar-refractivity contribution < 1.29 is 4.79 Å². The van der Waals surface area contributed by atoms with Gasteiger partial charge in [0.1, 0.15) is 5.82 Å². The molecule has 7 heteroatoms. The summed E-state index contributed by atoms with van der Waals surface area (Å²) in [6, 6.07) is 10.7. The first-order valence-electron chi connectivity index (χ1n) is 8.79. The van der Waals surface area contributed by atoms with Crippen LogP contribution in [0.25, 0.3) is 21.3 Å². The number of rotatable bonds is 4. The fraction of sp³-hybridized carbons (Fsp3) is 0.316. The van der Waals surface area contributed by atoms with E-state index in [2.05, 4.69) is 38.1 Å². The maximum absolute atomic E-state index is 11.2. The van der Waals surface area contributed by atoms with E-state index in [0.717, 1.165) is 53.1 Å². The second kappa shape index (κ2) is 7.39. The number of thiazole rings is 1. The Hall–Kier alpha value is -2.51. The molecule has 0 saturated carbocycles. The smallest absolute Gasteiger partial charge is 0.223 e. The van der Waals surface area contributed by atoms with Crippen LogP contribution < -0.4 is 16.0 Å². The van der Waals surface area contributed by atoms with E-state index in [0.29, 0.717) is 11.2 Å². The molecule has 0 atom stereocenters. The molecule has 1 saturated heterocycles. The summed E-state index contributed by atoms with van der Waals surface area (Å²) in [6.45, 7) is 3.61. The van der Waals surface area contributed by atoms with E-state index in [9.17, 15) is 4.79 Å². The predicted octanol–water partition coefficient (Wildman–Crippen LogP) is 3.48. The van der Waals surface area contributed by atoms with Gasteiger partial charge >= 0.3 is 0 Å². The van der Waals surface area contributed by atoms with Crippen molar-refractivity contribution in [3.05, 3.63) is 36.5 Å². The van der Waals surface area contributed by atoms with E-state index in [1.165, 1.54) is 18.3 Å². The van der Waals surface area contributed by atoms with Gasteiger partial charge in [0.15, 0.2) is 5.13 Å². The maximum Gasteiger partial charge on any atom is 0.223 e. The Morgan fingerprint density at radius 1 is 1.19 bits per heavy atom. The van der Waals surface area contributed by atoms with Crippen LogP contribution in [-0.2, 0) is 4.79 Å². The number of aromatic nitrogens is 2. The first-order chi connectivity index (χ1) is 12.7. The van der Waals surface area contributed by atoms with Gasteiger partial charge in [-0.3, -0.25) is 4.79 Å². The highest BCUT2D eigenvalue weighted by Crippen LogP contribution is 2.30. The highest BCUT2D eigenvalue weighted by Gasteiger charge is 2.13. The Morgan fingerprint density at radius 3 is 2.73 bits per heavy atom. The van der Waals surface area contributed by atoms with Gasteiger partial charge in [-0.25, -0.2) is 9.97 Å². The highest BCUT2D eigenvalue weighted by molar-refractivity contribution is 7.22. The van der Waals surface area contributed by atoms with Crippen LogP contribution in [0.2, 0.25) is 0 Å². The summed E-state index contributed by atoms with van der Waals surface area (Å²) >= 11 is 1.48. The largest absolute Gasteiger partial charge is 0.367 e. The fourth-order valence-corrected chi connectivity index (χ4v) is 4.08. The molecule has 134 valence electrons. The molecule has 0 radical (unpaired) electrons. The number of carbonyl (C=O) groups excluding carboxylic acids is 1. The van der Waals surface area contributed by atoms with Gasteiger partial charge in [-0.05, 0) is 55.8 Å². The Balaban J connectivity index is 1.51. The minimum absolute atomic E-state index is 0.106. The summed E-state index contributed by atoms with van der Waals surface area (Å²) in [5.74, 6) is 0.817. The molecule has 1 aliphatic rings. The second-order valence-corrected chi connectivity index (χ2v) is 7.51. The molecule has 2 aromatic heterocycles. The third-order valence-electron chi connectivity index (χ3n) is 4.46. The van der Waals surface area contributed by atoms with Crippen molar-refractivity contribution in [2.45, 2.75) is 25.8 Å². The number of amides is 1. The maximum atomic E-state index is 11.2. The Labute approximate surface area is 156 Å². The molecule has 3 N–H and O–H groups in total. The lowest BCUT2D eigenvalue weighted by atomic mass is 10.1. The van der Waals surface area contributed by atoms with Crippen molar-refractivity contribution in [3.63, 3.8) is 0 Å². The first-order valence-corrected chi connectivity index (χ1v) is 9.61. The number of pyridine rings is 1. The Morgan fingerprint density at radius 2 is 2.00 bits per heavy atom. The SMILES string of the molecule is CC(=O)Nc1nc2ccc(-c3ccc(NC4CCNCC4)nc3)cc2s1. The van der Waals surface area contributed by atoms with Crippen LogP contribution in [0.5, 0.6) is 0 Å². The van der Waals surface area contributed by atoms with Gasteiger partial charge in [0.25, 0.3) is 0 Å². The highest BCUT2D eigenvalue weighted by atomic mass is 32.1. The van der Waals surface area contributed by atoms with E-state index < -0.39 is 0 Å². The number of nitrogens with one attached hydrogen (secondary N) is 3. The minimum Gasteiger partial charge on any atom is -0.367 e. The van der Waals surface area contributed by atoms with Crippen LogP contribution in [-0.4, -0.2) is 35.0 Å². The fourth-order valence-electron chi connectivity index (χ4n) is 3.13. The van der Waals surface area contributed by atoms with Crippen LogP contribution in [0.3, 0.4) is 0 Å². The van der Waals surface area contributed by atoms with Gasteiger partial charge < -0.3 is 16.0 Å². The Kier molecular flexibility index (Phi) is 4.81. The number of nitrogens with zero attached hydrogens (tertiary/aromatic N) is 2. The van der Waals surface area contributed by atoms with E-state index in [1.807, 2.05) is 24.4 Å². The monoisotopic (exact) mass is 367 g/mol. The number of carbonyl (C=O) groups is 1. The summed E-state index contributed by atoms with van der Waals surface area (Å²) in [7, 11) is 0. The van der Waals surface area contributed by atoms with Crippen molar-refractivity contribution in [1.29, 1.82) is 0 Å². The lowest BCUT2D eigenvalue weighted by molar-refractivity contribution is -0.114. The number of hydrogen-bond donors (Lipinski definition) is 3. The average molecular weight is 367 g/mol. The van der Waals surface area contributed by atoms with Gasteiger partial charge in [0.2, 0.25) is 5.91 Å². The van der Waals surface area contributed by atoms with Crippen LogP contribution in [0.15, 0.2) is 36.5 Å². The van der Waals surface area contributed by atoms with Crippen molar-refractivity contribution in [2.75, 3.05) is 23.7 Å². The van der Waals surface area contributed by atoms with Gasteiger partial charge in [-0.15, -0.1) is 0 Å². The molecule has 0 spiro atoms. The lowest BCUT2D eigenvalue weighted by Gasteiger charge is -2.24. The molecule has 3 heterocycles. The molecular weight excluding hydrogens is 346 g/mol. The number of anilines is 2. The summed E-state index contributed by atoms with van der Waals surface area (Å²) < 4.78 is 1.04. The van der Waals surface area contributed by atoms with E-state index >= 15 is 0 Å². The van der Waals surface area contributed by atoms with Crippen LogP contribution in [0.4, 0.5) is 10.9 Å². The van der Waals surface area contributed by atoms with E-state index in [4.69, 9.17) is 0 Å². The molecule has 3 aromatic rings. The lowest BCUT2D eigenvalue weighted by Crippen LogP contribution is -2.35. The van der Waals surface area contributed by atoms with Gasteiger partial charge in [-0.1, -0.05) is 17.4 Å². The average Bonchev–Trinajstić information content (AvgIpc) is 3.04. The van der Waals surface area contributed by atoms with Crippen LogP contribution >= 0.6 is 11.3 Å². The van der Waals surface area contributed by atoms with Gasteiger partial charge in [-0.2, -0.15) is 0 Å². The zero-order chi connectivity index (χ0) is 17.9. The molecule has 0 aliphatic carbocycles. The predicted molar refractivity (Wildman–Crippen MR) is 107 cm³/mol. The summed E-state index contributed by atoms with van der Waals surface area (Å²) in [5, 5.41) is 10.3. The molecule has 1 amide bonds. The zero-order valence-electron chi connectivity index (χ0n) is 14.6. The van der Waals surface area contributed by atoms with Crippen molar-refractivity contribution in [3.8, 4) is 11.1 Å². The molecule has 6 nitrogen and oxygen atoms in total.